The van der Waals surface area contributed by atoms with Gasteiger partial charge in [-0.15, -0.1) is 0 Å². The van der Waals surface area contributed by atoms with Crippen molar-refractivity contribution in [3.05, 3.63) is 87.9 Å². The Morgan fingerprint density at radius 3 is 2.40 bits per heavy atom. The number of hydrogen-bond acceptors (Lipinski definition) is 6. The maximum atomic E-state index is 12.8. The average molecular weight is 475 g/mol. The highest BCUT2D eigenvalue weighted by atomic mass is 16.5. The average Bonchev–Trinajstić information content (AvgIpc) is 3.23. The molecule has 35 heavy (non-hydrogen) atoms. The number of ether oxygens (including phenoxy) is 1. The summed E-state index contributed by atoms with van der Waals surface area (Å²) in [6, 6.07) is 13.7. The Bertz CT molecular complexity index is 1310. The third-order valence-corrected chi connectivity index (χ3v) is 5.76. The number of hydrazine groups is 1. The van der Waals surface area contributed by atoms with Crippen LogP contribution in [0.3, 0.4) is 0 Å². The van der Waals surface area contributed by atoms with Gasteiger partial charge in [-0.05, 0) is 57.0 Å². The number of benzene rings is 2. The summed E-state index contributed by atoms with van der Waals surface area (Å²) in [5, 5.41) is 4.33. The van der Waals surface area contributed by atoms with E-state index in [1.165, 1.54) is 7.11 Å². The van der Waals surface area contributed by atoms with Crippen LogP contribution in [0.15, 0.2) is 58.0 Å². The molecule has 0 radical (unpaired) electrons. The fraction of sp³-hybridized carbons (Fsp3) is 0.231. The maximum absolute atomic E-state index is 12.8. The van der Waals surface area contributed by atoms with E-state index in [9.17, 15) is 14.4 Å². The van der Waals surface area contributed by atoms with Crippen molar-refractivity contribution in [2.75, 3.05) is 7.11 Å². The topological polar surface area (TPSA) is 122 Å². The molecule has 3 aromatic rings. The number of nitrogens with one attached hydrogen (secondary N) is 3. The van der Waals surface area contributed by atoms with E-state index in [1.807, 2.05) is 19.1 Å². The number of hydrazone groups is 1. The highest BCUT2D eigenvalue weighted by molar-refractivity contribution is 6.07. The normalized spacial score (nSPS) is 13.6. The van der Waals surface area contributed by atoms with E-state index < -0.39 is 11.8 Å². The first-order valence-electron chi connectivity index (χ1n) is 11.2. The summed E-state index contributed by atoms with van der Waals surface area (Å²) in [5.74, 6) is -0.0967. The molecular weight excluding hydrogens is 448 g/mol. The van der Waals surface area contributed by atoms with Gasteiger partial charge in [-0.2, -0.15) is 5.10 Å². The van der Waals surface area contributed by atoms with Crippen LogP contribution in [-0.4, -0.2) is 30.5 Å². The number of fused-ring (bicyclic) bond motifs is 1. The minimum absolute atomic E-state index is 0.0907. The van der Waals surface area contributed by atoms with Crippen LogP contribution < -0.4 is 21.0 Å². The number of carbonyl (C=O) groups is 3. The molecule has 0 spiro atoms. The molecule has 1 aliphatic carbocycles. The first kappa shape index (κ1) is 23.7. The number of carbonyl (C=O) groups excluding carboxylic acids is 3. The van der Waals surface area contributed by atoms with E-state index in [2.05, 4.69) is 21.4 Å². The fourth-order valence-corrected chi connectivity index (χ4v) is 3.89. The molecule has 1 heterocycles. The molecule has 0 bridgehead atoms. The Labute approximate surface area is 202 Å². The van der Waals surface area contributed by atoms with Crippen molar-refractivity contribution in [2.45, 2.75) is 33.1 Å². The van der Waals surface area contributed by atoms with Crippen molar-refractivity contribution in [3.8, 4) is 5.75 Å². The maximum Gasteiger partial charge on any atom is 0.305 e. The number of rotatable bonds is 5. The molecular formula is C26H26N4O5. The molecule has 9 heteroatoms. The number of aryl methyl sites for hydroxylation is 2. The number of hydrogen-bond donors (Lipinski definition) is 3. The lowest BCUT2D eigenvalue weighted by atomic mass is 9.93. The number of methoxy groups -OCH3 is 1. The zero-order chi connectivity index (χ0) is 24.9. The van der Waals surface area contributed by atoms with Crippen molar-refractivity contribution >= 4 is 23.4 Å². The van der Waals surface area contributed by atoms with E-state index in [4.69, 9.17) is 9.15 Å². The smallest absolute Gasteiger partial charge is 0.305 e. The van der Waals surface area contributed by atoms with Crippen LogP contribution >= 0.6 is 0 Å². The zero-order valence-electron chi connectivity index (χ0n) is 19.7. The highest BCUT2D eigenvalue weighted by Crippen LogP contribution is 2.29. The van der Waals surface area contributed by atoms with Gasteiger partial charge in [0.1, 0.15) is 11.5 Å². The molecule has 9 nitrogen and oxygen atoms in total. The van der Waals surface area contributed by atoms with Gasteiger partial charge in [0.25, 0.3) is 11.8 Å². The molecule has 0 unspecified atom stereocenters. The Hall–Kier alpha value is -4.40. The van der Waals surface area contributed by atoms with E-state index in [1.54, 1.807) is 43.3 Å². The molecule has 0 saturated heterocycles. The van der Waals surface area contributed by atoms with Crippen LogP contribution in [0, 0.1) is 13.8 Å². The van der Waals surface area contributed by atoms with Crippen LogP contribution in [0.5, 0.6) is 5.75 Å². The fourth-order valence-electron chi connectivity index (χ4n) is 3.89. The van der Waals surface area contributed by atoms with Crippen molar-refractivity contribution in [2.24, 2.45) is 5.10 Å². The summed E-state index contributed by atoms with van der Waals surface area (Å²) in [4.78, 5) is 37.6. The van der Waals surface area contributed by atoms with Crippen LogP contribution in [0.2, 0.25) is 0 Å². The lowest BCUT2D eigenvalue weighted by Crippen LogP contribution is -2.41. The van der Waals surface area contributed by atoms with Gasteiger partial charge in [0.15, 0.2) is 5.76 Å². The third kappa shape index (κ3) is 5.24. The molecule has 0 fully saturated rings. The minimum atomic E-state index is -0.572. The molecule has 2 aromatic carbocycles. The standard InChI is InChI=1S/C26H26N4O5/c1-15-10-12-17(13-11-15)24(31)29-30-26(33)23-16(2)22-20(8-5-9-21(22)35-23)27-28-25(32)18-6-4-7-19(14-18)34-3/h4,6-7,10-14H,5,8-9H2,1-3H3,(H,28,32)(H,29,31)(H,30,33)/b27-20+. The van der Waals surface area contributed by atoms with E-state index in [0.29, 0.717) is 52.3 Å². The van der Waals surface area contributed by atoms with Gasteiger partial charge in [-0.3, -0.25) is 25.2 Å². The van der Waals surface area contributed by atoms with Gasteiger partial charge >= 0.3 is 5.91 Å². The molecule has 1 aromatic heterocycles. The third-order valence-electron chi connectivity index (χ3n) is 5.76. The molecule has 1 aliphatic rings. The quantitative estimate of drug-likeness (QED) is 0.489. The van der Waals surface area contributed by atoms with E-state index in [-0.39, 0.29) is 11.7 Å². The zero-order valence-corrected chi connectivity index (χ0v) is 19.7. The Morgan fingerprint density at radius 2 is 1.66 bits per heavy atom. The number of nitrogens with zero attached hydrogens (tertiary/aromatic N) is 1. The molecule has 180 valence electrons. The summed E-state index contributed by atoms with van der Waals surface area (Å²) in [7, 11) is 1.53. The first-order chi connectivity index (χ1) is 16.9. The number of amides is 3. The van der Waals surface area contributed by atoms with E-state index in [0.717, 1.165) is 12.0 Å². The van der Waals surface area contributed by atoms with Crippen LogP contribution in [0.25, 0.3) is 0 Å². The van der Waals surface area contributed by atoms with Gasteiger partial charge in [-0.25, -0.2) is 5.43 Å². The lowest BCUT2D eigenvalue weighted by Gasteiger charge is -2.13. The highest BCUT2D eigenvalue weighted by Gasteiger charge is 2.28. The molecule has 4 rings (SSSR count). The van der Waals surface area contributed by atoms with Gasteiger partial charge in [-0.1, -0.05) is 23.8 Å². The SMILES string of the molecule is COc1cccc(C(=O)N/N=C2\CCCc3oc(C(=O)NNC(=O)c4ccc(C)cc4)c(C)c32)c1. The summed E-state index contributed by atoms with van der Waals surface area (Å²) in [6.45, 7) is 3.68. The monoisotopic (exact) mass is 474 g/mol. The van der Waals surface area contributed by atoms with Crippen molar-refractivity contribution in [1.82, 2.24) is 16.3 Å². The molecule has 0 atom stereocenters. The predicted molar refractivity (Wildman–Crippen MR) is 129 cm³/mol. The van der Waals surface area contributed by atoms with Gasteiger partial charge < -0.3 is 9.15 Å². The first-order valence-corrected chi connectivity index (χ1v) is 11.2. The summed E-state index contributed by atoms with van der Waals surface area (Å²) >= 11 is 0. The minimum Gasteiger partial charge on any atom is -0.497 e. The van der Waals surface area contributed by atoms with Crippen LogP contribution in [0.4, 0.5) is 0 Å². The molecule has 0 aliphatic heterocycles. The van der Waals surface area contributed by atoms with Crippen molar-refractivity contribution in [1.29, 1.82) is 0 Å². The summed E-state index contributed by atoms with van der Waals surface area (Å²) < 4.78 is 11.0. The Balaban J connectivity index is 1.47. The predicted octanol–water partition coefficient (Wildman–Crippen LogP) is 3.45. The van der Waals surface area contributed by atoms with Gasteiger partial charge in [0, 0.05) is 28.7 Å². The van der Waals surface area contributed by atoms with Gasteiger partial charge in [0.05, 0.1) is 12.8 Å². The molecule has 3 amide bonds. The van der Waals surface area contributed by atoms with Gasteiger partial charge in [0.2, 0.25) is 0 Å². The lowest BCUT2D eigenvalue weighted by molar-refractivity contribution is 0.0829. The second-order valence-corrected chi connectivity index (χ2v) is 8.21. The molecule has 3 N–H and O–H groups in total. The Kier molecular flexibility index (Phi) is 6.96. The summed E-state index contributed by atoms with van der Waals surface area (Å²) in [5.41, 5.74) is 11.2. The molecule has 0 saturated carbocycles. The summed E-state index contributed by atoms with van der Waals surface area (Å²) in [6.07, 6.45) is 2.03. The second kappa shape index (κ2) is 10.3. The second-order valence-electron chi connectivity index (χ2n) is 8.21. The van der Waals surface area contributed by atoms with Crippen molar-refractivity contribution < 1.29 is 23.5 Å². The van der Waals surface area contributed by atoms with Crippen LogP contribution in [-0.2, 0) is 6.42 Å². The Morgan fingerprint density at radius 1 is 0.914 bits per heavy atom. The van der Waals surface area contributed by atoms with E-state index >= 15 is 0 Å². The van der Waals surface area contributed by atoms with Crippen LogP contribution in [0.1, 0.15) is 66.6 Å². The van der Waals surface area contributed by atoms with Crippen molar-refractivity contribution in [3.63, 3.8) is 0 Å². The number of furan rings is 1. The largest absolute Gasteiger partial charge is 0.497 e.